The average Bonchev–Trinajstić information content (AvgIpc) is 2.69. The van der Waals surface area contributed by atoms with Gasteiger partial charge in [0, 0.05) is 6.54 Å². The van der Waals surface area contributed by atoms with E-state index in [0.29, 0.717) is 31.2 Å². The van der Waals surface area contributed by atoms with Crippen molar-refractivity contribution in [3.63, 3.8) is 0 Å². The number of ether oxygens (including phenoxy) is 2. The standard InChI is InChI=1S/C20H24FN3O5/c1-4-23(12-14-6-9-18(29-5-2)19(10-14)28-3)13-20(25)22-16-8-7-15(21)11-17(16)24(26)27/h6-11H,4-5,12-13H2,1-3H3,(H,22,25). The van der Waals surface area contributed by atoms with Crippen LogP contribution in [0, 0.1) is 15.9 Å². The molecule has 0 spiro atoms. The minimum absolute atomic E-state index is 0.0144. The topological polar surface area (TPSA) is 93.9 Å². The minimum atomic E-state index is -0.741. The molecule has 2 rings (SSSR count). The number of nitro groups is 1. The lowest BCUT2D eigenvalue weighted by atomic mass is 10.2. The number of hydrogen-bond donors (Lipinski definition) is 1. The van der Waals surface area contributed by atoms with Crippen molar-refractivity contribution in [1.29, 1.82) is 0 Å². The molecular weight excluding hydrogens is 381 g/mol. The molecule has 0 aromatic heterocycles. The summed E-state index contributed by atoms with van der Waals surface area (Å²) in [7, 11) is 1.56. The Kier molecular flexibility index (Phi) is 7.90. The molecule has 0 saturated carbocycles. The van der Waals surface area contributed by atoms with Crippen molar-refractivity contribution in [2.45, 2.75) is 20.4 Å². The first-order valence-electron chi connectivity index (χ1n) is 9.13. The van der Waals surface area contributed by atoms with Gasteiger partial charge in [-0.15, -0.1) is 0 Å². The molecule has 0 aliphatic carbocycles. The highest BCUT2D eigenvalue weighted by Gasteiger charge is 2.18. The van der Waals surface area contributed by atoms with E-state index in [1.54, 1.807) is 7.11 Å². The predicted molar refractivity (Wildman–Crippen MR) is 107 cm³/mol. The van der Waals surface area contributed by atoms with E-state index < -0.39 is 22.3 Å². The number of benzene rings is 2. The van der Waals surface area contributed by atoms with Crippen molar-refractivity contribution in [3.05, 3.63) is 57.9 Å². The summed E-state index contributed by atoms with van der Waals surface area (Å²) in [4.78, 5) is 24.6. The Bertz CT molecular complexity index is 875. The van der Waals surface area contributed by atoms with Crippen LogP contribution in [0.2, 0.25) is 0 Å². The number of methoxy groups -OCH3 is 1. The second-order valence-corrected chi connectivity index (χ2v) is 6.19. The van der Waals surface area contributed by atoms with Gasteiger partial charge < -0.3 is 14.8 Å². The molecule has 0 radical (unpaired) electrons. The summed E-state index contributed by atoms with van der Waals surface area (Å²) in [6.07, 6.45) is 0. The van der Waals surface area contributed by atoms with Crippen LogP contribution in [-0.4, -0.2) is 42.5 Å². The highest BCUT2D eigenvalue weighted by Crippen LogP contribution is 2.29. The second-order valence-electron chi connectivity index (χ2n) is 6.19. The van der Waals surface area contributed by atoms with E-state index in [9.17, 15) is 19.3 Å². The quantitative estimate of drug-likeness (QED) is 0.479. The zero-order valence-electron chi connectivity index (χ0n) is 16.6. The molecule has 9 heteroatoms. The number of amides is 1. The summed E-state index contributed by atoms with van der Waals surface area (Å²) in [5, 5.41) is 13.5. The lowest BCUT2D eigenvalue weighted by Gasteiger charge is -2.20. The monoisotopic (exact) mass is 405 g/mol. The molecule has 0 aliphatic rings. The smallest absolute Gasteiger partial charge is 0.295 e. The van der Waals surface area contributed by atoms with Gasteiger partial charge in [-0.1, -0.05) is 13.0 Å². The molecule has 2 aromatic rings. The van der Waals surface area contributed by atoms with Crippen molar-refractivity contribution in [3.8, 4) is 11.5 Å². The van der Waals surface area contributed by atoms with E-state index in [4.69, 9.17) is 9.47 Å². The summed E-state index contributed by atoms with van der Waals surface area (Å²) in [5.41, 5.74) is 0.394. The number of carbonyl (C=O) groups is 1. The molecule has 0 saturated heterocycles. The van der Waals surface area contributed by atoms with Gasteiger partial charge in [-0.25, -0.2) is 4.39 Å². The lowest BCUT2D eigenvalue weighted by Crippen LogP contribution is -2.32. The molecule has 0 aliphatic heterocycles. The molecule has 1 N–H and O–H groups in total. The van der Waals surface area contributed by atoms with Gasteiger partial charge in [0.1, 0.15) is 11.5 Å². The summed E-state index contributed by atoms with van der Waals surface area (Å²) in [5.74, 6) is 0.0729. The third-order valence-electron chi connectivity index (χ3n) is 4.18. The Morgan fingerprint density at radius 2 is 1.97 bits per heavy atom. The molecule has 0 atom stereocenters. The van der Waals surface area contributed by atoms with E-state index in [2.05, 4.69) is 5.32 Å². The van der Waals surface area contributed by atoms with Crippen LogP contribution in [-0.2, 0) is 11.3 Å². The van der Waals surface area contributed by atoms with E-state index in [1.165, 1.54) is 6.07 Å². The maximum absolute atomic E-state index is 13.2. The van der Waals surface area contributed by atoms with Gasteiger partial charge in [0.25, 0.3) is 5.69 Å². The fourth-order valence-electron chi connectivity index (χ4n) is 2.78. The number of likely N-dealkylation sites (N-methyl/N-ethyl adjacent to an activating group) is 1. The molecule has 8 nitrogen and oxygen atoms in total. The van der Waals surface area contributed by atoms with Crippen molar-refractivity contribution >= 4 is 17.3 Å². The number of nitrogens with zero attached hydrogens (tertiary/aromatic N) is 2. The summed E-state index contributed by atoms with van der Waals surface area (Å²) < 4.78 is 24.1. The van der Waals surface area contributed by atoms with Crippen molar-refractivity contribution < 1.29 is 23.6 Å². The van der Waals surface area contributed by atoms with Crippen LogP contribution in [0.15, 0.2) is 36.4 Å². The zero-order valence-corrected chi connectivity index (χ0v) is 16.6. The van der Waals surface area contributed by atoms with Crippen LogP contribution in [0.25, 0.3) is 0 Å². The SMILES string of the molecule is CCOc1ccc(CN(CC)CC(=O)Nc2ccc(F)cc2[N+](=O)[O-])cc1OC. The number of rotatable bonds is 10. The Morgan fingerprint density at radius 1 is 1.21 bits per heavy atom. The van der Waals surface area contributed by atoms with E-state index >= 15 is 0 Å². The van der Waals surface area contributed by atoms with Crippen LogP contribution < -0.4 is 14.8 Å². The van der Waals surface area contributed by atoms with Gasteiger partial charge >= 0.3 is 0 Å². The summed E-state index contributed by atoms with van der Waals surface area (Å²) in [6.45, 7) is 5.37. The Labute approximate surface area is 168 Å². The van der Waals surface area contributed by atoms with Gasteiger partial charge in [-0.3, -0.25) is 19.8 Å². The number of halogens is 1. The largest absolute Gasteiger partial charge is 0.493 e. The lowest BCUT2D eigenvalue weighted by molar-refractivity contribution is -0.384. The average molecular weight is 405 g/mol. The van der Waals surface area contributed by atoms with Crippen LogP contribution in [0.1, 0.15) is 19.4 Å². The van der Waals surface area contributed by atoms with Crippen molar-refractivity contribution in [1.82, 2.24) is 4.90 Å². The zero-order chi connectivity index (χ0) is 21.4. The Balaban J connectivity index is 2.06. The highest BCUT2D eigenvalue weighted by molar-refractivity contribution is 5.94. The fourth-order valence-corrected chi connectivity index (χ4v) is 2.78. The van der Waals surface area contributed by atoms with E-state index in [0.717, 1.165) is 17.7 Å². The fraction of sp³-hybridized carbons (Fsp3) is 0.350. The first-order chi connectivity index (χ1) is 13.9. The number of nitrogens with one attached hydrogen (secondary N) is 1. The molecule has 1 amide bonds. The third-order valence-corrected chi connectivity index (χ3v) is 4.18. The molecule has 0 bridgehead atoms. The first-order valence-corrected chi connectivity index (χ1v) is 9.13. The van der Waals surface area contributed by atoms with Gasteiger partial charge in [-0.05, 0) is 43.3 Å². The molecule has 2 aromatic carbocycles. The third kappa shape index (κ3) is 6.15. The van der Waals surface area contributed by atoms with E-state index in [-0.39, 0.29) is 12.2 Å². The maximum Gasteiger partial charge on any atom is 0.295 e. The van der Waals surface area contributed by atoms with Crippen LogP contribution in [0.5, 0.6) is 11.5 Å². The minimum Gasteiger partial charge on any atom is -0.493 e. The number of nitro benzene ring substituents is 1. The van der Waals surface area contributed by atoms with Gasteiger partial charge in [0.15, 0.2) is 11.5 Å². The second kappa shape index (κ2) is 10.4. The Morgan fingerprint density at radius 3 is 2.59 bits per heavy atom. The highest BCUT2D eigenvalue weighted by atomic mass is 19.1. The maximum atomic E-state index is 13.2. The van der Waals surface area contributed by atoms with Crippen molar-refractivity contribution in [2.24, 2.45) is 0 Å². The summed E-state index contributed by atoms with van der Waals surface area (Å²) >= 11 is 0. The van der Waals surface area contributed by atoms with Gasteiger partial charge in [0.2, 0.25) is 5.91 Å². The number of anilines is 1. The summed E-state index contributed by atoms with van der Waals surface area (Å²) in [6, 6.07) is 8.56. The number of hydrogen-bond acceptors (Lipinski definition) is 6. The number of carbonyl (C=O) groups excluding carboxylic acids is 1. The molecule has 29 heavy (non-hydrogen) atoms. The van der Waals surface area contributed by atoms with Crippen LogP contribution in [0.4, 0.5) is 15.8 Å². The normalized spacial score (nSPS) is 10.7. The van der Waals surface area contributed by atoms with Gasteiger partial charge in [0.05, 0.1) is 31.3 Å². The van der Waals surface area contributed by atoms with Crippen LogP contribution in [0.3, 0.4) is 0 Å². The van der Waals surface area contributed by atoms with Crippen LogP contribution >= 0.6 is 0 Å². The Hall–Kier alpha value is -3.20. The molecule has 0 fully saturated rings. The van der Waals surface area contributed by atoms with Gasteiger partial charge in [-0.2, -0.15) is 0 Å². The molecule has 0 unspecified atom stereocenters. The molecular formula is C20H24FN3O5. The van der Waals surface area contributed by atoms with Crippen molar-refractivity contribution in [2.75, 3.05) is 32.1 Å². The molecule has 156 valence electrons. The predicted octanol–water partition coefficient (Wildman–Crippen LogP) is 3.60. The van der Waals surface area contributed by atoms with E-state index in [1.807, 2.05) is 36.9 Å². The first kappa shape index (κ1) is 22.1. The molecule has 0 heterocycles.